The minimum atomic E-state index is -0.304. The van der Waals surface area contributed by atoms with Crippen molar-refractivity contribution in [2.45, 2.75) is 62.8 Å². The Bertz CT molecular complexity index is 1500. The normalized spacial score (nSPS) is 15.8. The summed E-state index contributed by atoms with van der Waals surface area (Å²) in [6.45, 7) is 0.680. The van der Waals surface area contributed by atoms with Gasteiger partial charge in [-0.15, -0.1) is 0 Å². The lowest BCUT2D eigenvalue weighted by molar-refractivity contribution is -0.121. The van der Waals surface area contributed by atoms with E-state index >= 15 is 0 Å². The largest absolute Gasteiger partial charge is 0.454 e. The van der Waals surface area contributed by atoms with Crippen molar-refractivity contribution in [2.24, 2.45) is 0 Å². The molecule has 0 spiro atoms. The molecular weight excluding hydrogens is 536 g/mol. The average molecular weight is 567 g/mol. The van der Waals surface area contributed by atoms with E-state index < -0.39 is 0 Å². The van der Waals surface area contributed by atoms with Crippen molar-refractivity contribution in [2.75, 3.05) is 19.3 Å². The van der Waals surface area contributed by atoms with E-state index in [1.54, 1.807) is 12.1 Å². The molecule has 0 atom stereocenters. The van der Waals surface area contributed by atoms with Crippen LogP contribution in [0.5, 0.6) is 23.0 Å². The number of rotatable bonds is 9. The maximum Gasteiger partial charge on any atom is 0.262 e. The summed E-state index contributed by atoms with van der Waals surface area (Å²) in [5.41, 5.74) is 1.02. The first-order valence-electron chi connectivity index (χ1n) is 13.4. The van der Waals surface area contributed by atoms with Crippen LogP contribution in [0, 0.1) is 0 Å². The van der Waals surface area contributed by atoms with E-state index in [9.17, 15) is 14.4 Å². The van der Waals surface area contributed by atoms with Crippen LogP contribution in [0.1, 0.15) is 44.1 Å². The number of carbonyl (C=O) groups excluding carboxylic acids is 2. The van der Waals surface area contributed by atoms with Crippen LogP contribution in [0.3, 0.4) is 0 Å². The molecule has 6 rings (SSSR count). The van der Waals surface area contributed by atoms with Crippen LogP contribution in [0.15, 0.2) is 40.3 Å². The van der Waals surface area contributed by atoms with Gasteiger partial charge in [0.1, 0.15) is 0 Å². The van der Waals surface area contributed by atoms with Gasteiger partial charge in [-0.05, 0) is 36.6 Å². The monoisotopic (exact) mass is 566 g/mol. The summed E-state index contributed by atoms with van der Waals surface area (Å²) in [4.78, 5) is 43.7. The molecule has 1 aromatic heterocycles. The molecule has 3 aromatic rings. The second-order valence-electron chi connectivity index (χ2n) is 9.98. The maximum absolute atomic E-state index is 13.6. The molecule has 3 heterocycles. The summed E-state index contributed by atoms with van der Waals surface area (Å²) >= 11 is 1.19. The highest BCUT2D eigenvalue weighted by molar-refractivity contribution is 7.99. The third-order valence-corrected chi connectivity index (χ3v) is 8.18. The molecule has 2 aromatic carbocycles. The molecule has 2 aliphatic heterocycles. The van der Waals surface area contributed by atoms with E-state index in [-0.39, 0.29) is 55.7 Å². The lowest BCUT2D eigenvalue weighted by Gasteiger charge is -2.22. The van der Waals surface area contributed by atoms with Crippen molar-refractivity contribution in [1.29, 1.82) is 0 Å². The second-order valence-corrected chi connectivity index (χ2v) is 10.9. The van der Waals surface area contributed by atoms with E-state index in [1.807, 2.05) is 18.2 Å². The Morgan fingerprint density at radius 2 is 1.65 bits per heavy atom. The Balaban J connectivity index is 1.16. The SMILES string of the molecule is O=C(CCn1c(SCC(=O)NC2CCCCC2)nc2cc3c(cc2c1=O)OCO3)NCc1ccc2c(c1)OCO2. The minimum Gasteiger partial charge on any atom is -0.454 e. The number of fused-ring (bicyclic) bond motifs is 3. The second kappa shape index (κ2) is 11.7. The van der Waals surface area contributed by atoms with Gasteiger partial charge in [0, 0.05) is 31.6 Å². The lowest BCUT2D eigenvalue weighted by atomic mass is 9.95. The third-order valence-electron chi connectivity index (χ3n) is 7.21. The summed E-state index contributed by atoms with van der Waals surface area (Å²) < 4.78 is 23.1. The van der Waals surface area contributed by atoms with Crippen molar-refractivity contribution in [3.63, 3.8) is 0 Å². The highest BCUT2D eigenvalue weighted by Gasteiger charge is 2.21. The smallest absolute Gasteiger partial charge is 0.262 e. The van der Waals surface area contributed by atoms with E-state index in [2.05, 4.69) is 15.6 Å². The first kappa shape index (κ1) is 26.3. The van der Waals surface area contributed by atoms with Crippen molar-refractivity contribution in [1.82, 2.24) is 20.2 Å². The number of benzene rings is 2. The number of ether oxygens (including phenoxy) is 4. The molecule has 1 fully saturated rings. The number of hydrogen-bond donors (Lipinski definition) is 2. The van der Waals surface area contributed by atoms with E-state index in [0.717, 1.165) is 31.2 Å². The number of nitrogens with one attached hydrogen (secondary N) is 2. The Hall–Kier alpha value is -3.93. The molecule has 12 heteroatoms. The number of aromatic nitrogens is 2. The van der Waals surface area contributed by atoms with Crippen LogP contribution >= 0.6 is 11.8 Å². The quantitative estimate of drug-likeness (QED) is 0.296. The van der Waals surface area contributed by atoms with Crippen molar-refractivity contribution < 1.29 is 28.5 Å². The standard InChI is InChI=1S/C28H30N4O7S/c33-25(29-13-17-6-7-21-22(10-17)37-15-36-21)8-9-32-27(35)19-11-23-24(39-16-38-23)12-20(19)31-28(32)40-14-26(34)30-18-4-2-1-3-5-18/h6-7,10-12,18H,1-5,8-9,13-16H2,(H,29,33)(H,30,34). The molecular formula is C28H30N4O7S. The average Bonchev–Trinajstić information content (AvgIpc) is 3.63. The summed E-state index contributed by atoms with van der Waals surface area (Å²) in [5.74, 6) is 2.13. The van der Waals surface area contributed by atoms with E-state index in [0.29, 0.717) is 45.6 Å². The predicted molar refractivity (Wildman–Crippen MR) is 147 cm³/mol. The van der Waals surface area contributed by atoms with Crippen molar-refractivity contribution >= 4 is 34.5 Å². The number of amides is 2. The van der Waals surface area contributed by atoms with E-state index in [4.69, 9.17) is 18.9 Å². The third kappa shape index (κ3) is 5.81. The molecule has 0 bridgehead atoms. The highest BCUT2D eigenvalue weighted by atomic mass is 32.2. The zero-order valence-corrected chi connectivity index (χ0v) is 22.7. The van der Waals surface area contributed by atoms with Crippen LogP contribution in [0.25, 0.3) is 10.9 Å². The molecule has 40 heavy (non-hydrogen) atoms. The Morgan fingerprint density at radius 3 is 2.45 bits per heavy atom. The Labute approximate surface area is 234 Å². The fourth-order valence-corrected chi connectivity index (χ4v) is 5.93. The fraction of sp³-hybridized carbons (Fsp3) is 0.429. The van der Waals surface area contributed by atoms with Gasteiger partial charge < -0.3 is 29.6 Å². The molecule has 210 valence electrons. The minimum absolute atomic E-state index is 0.0596. The lowest BCUT2D eigenvalue weighted by Crippen LogP contribution is -2.37. The number of hydrogen-bond acceptors (Lipinski definition) is 9. The van der Waals surface area contributed by atoms with Crippen molar-refractivity contribution in [3.05, 3.63) is 46.2 Å². The first-order chi connectivity index (χ1) is 19.5. The predicted octanol–water partition coefficient (Wildman–Crippen LogP) is 3.10. The number of thioether (sulfide) groups is 1. The van der Waals surface area contributed by atoms with Crippen molar-refractivity contribution in [3.8, 4) is 23.0 Å². The molecule has 11 nitrogen and oxygen atoms in total. The van der Waals surface area contributed by atoms with Gasteiger partial charge in [0.2, 0.25) is 25.4 Å². The molecule has 0 saturated heterocycles. The molecule has 1 saturated carbocycles. The van der Waals surface area contributed by atoms with Gasteiger partial charge in [-0.2, -0.15) is 0 Å². The van der Waals surface area contributed by atoms with Gasteiger partial charge >= 0.3 is 0 Å². The van der Waals surface area contributed by atoms with Gasteiger partial charge in [0.15, 0.2) is 28.2 Å². The molecule has 0 unspecified atom stereocenters. The number of carbonyl (C=O) groups is 2. The molecule has 2 N–H and O–H groups in total. The molecule has 0 radical (unpaired) electrons. The summed E-state index contributed by atoms with van der Waals surface area (Å²) in [6, 6.07) is 8.99. The zero-order valence-electron chi connectivity index (χ0n) is 21.9. The number of nitrogens with zero attached hydrogens (tertiary/aromatic N) is 2. The molecule has 3 aliphatic rings. The first-order valence-corrected chi connectivity index (χ1v) is 14.4. The van der Waals surface area contributed by atoms with Gasteiger partial charge in [0.05, 0.1) is 16.7 Å². The fourth-order valence-electron chi connectivity index (χ4n) is 5.10. The van der Waals surface area contributed by atoms with Gasteiger partial charge in [-0.3, -0.25) is 19.0 Å². The van der Waals surface area contributed by atoms with Gasteiger partial charge in [-0.25, -0.2) is 4.98 Å². The van der Waals surface area contributed by atoms with Gasteiger partial charge in [-0.1, -0.05) is 37.1 Å². The van der Waals surface area contributed by atoms with Crippen LogP contribution in [0.4, 0.5) is 0 Å². The molecule has 1 aliphatic carbocycles. The summed E-state index contributed by atoms with van der Waals surface area (Å²) in [5, 5.41) is 6.72. The van der Waals surface area contributed by atoms with Crippen LogP contribution in [-0.2, 0) is 22.7 Å². The highest BCUT2D eigenvalue weighted by Crippen LogP contribution is 2.35. The Morgan fingerprint density at radius 1 is 0.925 bits per heavy atom. The van der Waals surface area contributed by atoms with Crippen LogP contribution in [-0.4, -0.2) is 46.7 Å². The zero-order chi connectivity index (χ0) is 27.5. The topological polar surface area (TPSA) is 130 Å². The van der Waals surface area contributed by atoms with Crippen LogP contribution < -0.4 is 35.1 Å². The Kier molecular flexibility index (Phi) is 7.67. The van der Waals surface area contributed by atoms with Crippen LogP contribution in [0.2, 0.25) is 0 Å². The maximum atomic E-state index is 13.6. The molecule has 2 amide bonds. The van der Waals surface area contributed by atoms with E-state index in [1.165, 1.54) is 22.7 Å². The summed E-state index contributed by atoms with van der Waals surface area (Å²) in [7, 11) is 0. The van der Waals surface area contributed by atoms with Gasteiger partial charge in [0.25, 0.3) is 5.56 Å². The summed E-state index contributed by atoms with van der Waals surface area (Å²) in [6.07, 6.45) is 5.49.